The van der Waals surface area contributed by atoms with Crippen LogP contribution in [0.2, 0.25) is 0 Å². The van der Waals surface area contributed by atoms with Crippen LogP contribution in [-0.2, 0) is 6.42 Å². The number of nitrogen functional groups attached to an aromatic ring is 1. The first-order chi connectivity index (χ1) is 9.60. The maximum atomic E-state index is 13.4. The van der Waals surface area contributed by atoms with Crippen LogP contribution in [0.4, 0.5) is 20.4 Å². The van der Waals surface area contributed by atoms with Gasteiger partial charge in [-0.25, -0.2) is 13.8 Å². The van der Waals surface area contributed by atoms with Crippen molar-refractivity contribution in [3.05, 3.63) is 47.5 Å². The molecule has 0 atom stereocenters. The second kappa shape index (κ2) is 6.18. The van der Waals surface area contributed by atoms with Crippen LogP contribution in [0.25, 0.3) is 0 Å². The zero-order valence-electron chi connectivity index (χ0n) is 11.0. The number of nitrogens with zero attached hydrogens (tertiary/aromatic N) is 1. The van der Waals surface area contributed by atoms with Crippen LogP contribution in [0.15, 0.2) is 30.3 Å². The molecule has 2 rings (SSSR count). The van der Waals surface area contributed by atoms with Crippen molar-refractivity contribution in [3.8, 4) is 5.75 Å². The summed E-state index contributed by atoms with van der Waals surface area (Å²) < 4.78 is 31.4. The summed E-state index contributed by atoms with van der Waals surface area (Å²) in [4.78, 5) is 3.63. The number of anilines is 2. The summed E-state index contributed by atoms with van der Waals surface area (Å²) in [5.74, 6) is -1.20. The largest absolute Gasteiger partial charge is 0.497 e. The molecule has 0 spiro atoms. The zero-order chi connectivity index (χ0) is 14.5. The van der Waals surface area contributed by atoms with Crippen LogP contribution < -0.4 is 15.8 Å². The Morgan fingerprint density at radius 1 is 1.20 bits per heavy atom. The number of pyridine rings is 1. The Bertz CT molecular complexity index is 588. The van der Waals surface area contributed by atoms with Gasteiger partial charge in [0.15, 0.2) is 23.3 Å². The van der Waals surface area contributed by atoms with E-state index in [0.29, 0.717) is 13.0 Å². The monoisotopic (exact) mass is 279 g/mol. The number of hydrogen-bond acceptors (Lipinski definition) is 4. The van der Waals surface area contributed by atoms with Gasteiger partial charge in [-0.05, 0) is 24.1 Å². The van der Waals surface area contributed by atoms with E-state index in [1.54, 1.807) is 7.11 Å². The van der Waals surface area contributed by atoms with E-state index in [2.05, 4.69) is 10.3 Å². The van der Waals surface area contributed by atoms with E-state index in [9.17, 15) is 8.78 Å². The van der Waals surface area contributed by atoms with Gasteiger partial charge in [-0.1, -0.05) is 12.1 Å². The number of halogens is 2. The van der Waals surface area contributed by atoms with Gasteiger partial charge in [-0.2, -0.15) is 0 Å². The number of ether oxygens (including phenoxy) is 1. The lowest BCUT2D eigenvalue weighted by molar-refractivity contribution is 0.414. The van der Waals surface area contributed by atoms with E-state index >= 15 is 0 Å². The molecule has 2 aromatic rings. The van der Waals surface area contributed by atoms with Crippen molar-refractivity contribution in [3.63, 3.8) is 0 Å². The third-order valence-electron chi connectivity index (χ3n) is 2.82. The van der Waals surface area contributed by atoms with Crippen molar-refractivity contribution in [2.24, 2.45) is 0 Å². The average molecular weight is 279 g/mol. The molecular formula is C14H15F2N3O. The summed E-state index contributed by atoms with van der Waals surface area (Å²) in [6.45, 7) is 0.460. The van der Waals surface area contributed by atoms with E-state index in [4.69, 9.17) is 10.5 Å². The summed E-state index contributed by atoms with van der Waals surface area (Å²) in [6, 6.07) is 8.26. The second-order valence-electron chi connectivity index (χ2n) is 4.21. The molecule has 0 aliphatic rings. The molecule has 0 saturated heterocycles. The van der Waals surface area contributed by atoms with Crippen LogP contribution >= 0.6 is 0 Å². The predicted octanol–water partition coefficient (Wildman–Crippen LogP) is 2.61. The van der Waals surface area contributed by atoms with Gasteiger partial charge in [-0.3, -0.25) is 0 Å². The molecule has 0 fully saturated rings. The van der Waals surface area contributed by atoms with E-state index in [1.807, 2.05) is 24.3 Å². The molecule has 1 aromatic carbocycles. The molecule has 4 nitrogen and oxygen atoms in total. The molecule has 1 heterocycles. The molecule has 0 amide bonds. The highest BCUT2D eigenvalue weighted by molar-refractivity contribution is 5.45. The van der Waals surface area contributed by atoms with Crippen molar-refractivity contribution < 1.29 is 13.5 Å². The highest BCUT2D eigenvalue weighted by atomic mass is 19.1. The second-order valence-corrected chi connectivity index (χ2v) is 4.21. The van der Waals surface area contributed by atoms with Gasteiger partial charge in [0.05, 0.1) is 7.11 Å². The number of nitrogens with two attached hydrogens (primary N) is 1. The van der Waals surface area contributed by atoms with Gasteiger partial charge in [0.25, 0.3) is 0 Å². The van der Waals surface area contributed by atoms with Crippen LogP contribution in [0.5, 0.6) is 5.75 Å². The first-order valence-electron chi connectivity index (χ1n) is 6.08. The summed E-state index contributed by atoms with van der Waals surface area (Å²) in [5, 5.41) is 2.79. The number of rotatable bonds is 5. The van der Waals surface area contributed by atoms with Crippen molar-refractivity contribution in [1.29, 1.82) is 0 Å². The molecule has 106 valence electrons. The molecule has 0 aliphatic heterocycles. The minimum absolute atomic E-state index is 0.0441. The molecule has 0 aliphatic carbocycles. The summed E-state index contributed by atoms with van der Waals surface area (Å²) >= 11 is 0. The lowest BCUT2D eigenvalue weighted by atomic mass is 10.1. The van der Waals surface area contributed by atoms with Crippen LogP contribution in [-0.4, -0.2) is 18.6 Å². The van der Waals surface area contributed by atoms with Crippen LogP contribution in [0, 0.1) is 11.6 Å². The lowest BCUT2D eigenvalue weighted by Crippen LogP contribution is -2.10. The Morgan fingerprint density at radius 2 is 1.90 bits per heavy atom. The highest BCUT2D eigenvalue weighted by Crippen LogP contribution is 2.17. The predicted molar refractivity (Wildman–Crippen MR) is 73.8 cm³/mol. The van der Waals surface area contributed by atoms with Gasteiger partial charge in [0.1, 0.15) is 5.75 Å². The topological polar surface area (TPSA) is 60.2 Å². The minimum Gasteiger partial charge on any atom is -0.497 e. The average Bonchev–Trinajstić information content (AvgIpc) is 2.45. The number of hydrogen-bond donors (Lipinski definition) is 2. The van der Waals surface area contributed by atoms with Gasteiger partial charge in [0, 0.05) is 12.6 Å². The maximum Gasteiger partial charge on any atom is 0.168 e. The van der Waals surface area contributed by atoms with Gasteiger partial charge in [0.2, 0.25) is 0 Å². The van der Waals surface area contributed by atoms with Crippen LogP contribution in [0.1, 0.15) is 5.56 Å². The van der Waals surface area contributed by atoms with E-state index in [0.717, 1.165) is 17.4 Å². The van der Waals surface area contributed by atoms with Gasteiger partial charge in [-0.15, -0.1) is 0 Å². The molecule has 20 heavy (non-hydrogen) atoms. The molecule has 0 saturated carbocycles. The fourth-order valence-electron chi connectivity index (χ4n) is 1.72. The van der Waals surface area contributed by atoms with Gasteiger partial charge >= 0.3 is 0 Å². The van der Waals surface area contributed by atoms with Crippen molar-refractivity contribution in [2.75, 3.05) is 24.7 Å². The van der Waals surface area contributed by atoms with Gasteiger partial charge < -0.3 is 15.8 Å². The summed E-state index contributed by atoms with van der Waals surface area (Å²) in [7, 11) is 1.60. The fraction of sp³-hybridized carbons (Fsp3) is 0.214. The third-order valence-corrected chi connectivity index (χ3v) is 2.82. The SMILES string of the molecule is COc1ccc(CCNc2nc(N)c(F)cc2F)cc1. The van der Waals surface area contributed by atoms with E-state index < -0.39 is 11.6 Å². The summed E-state index contributed by atoms with van der Waals surface area (Å²) in [5.41, 5.74) is 6.36. The number of aromatic nitrogens is 1. The minimum atomic E-state index is -0.858. The first kappa shape index (κ1) is 14.0. The smallest absolute Gasteiger partial charge is 0.168 e. The summed E-state index contributed by atoms with van der Waals surface area (Å²) in [6.07, 6.45) is 0.669. The molecule has 1 aromatic heterocycles. The lowest BCUT2D eigenvalue weighted by Gasteiger charge is -2.08. The van der Waals surface area contributed by atoms with E-state index in [-0.39, 0.29) is 11.6 Å². The fourth-order valence-corrected chi connectivity index (χ4v) is 1.72. The molecule has 6 heteroatoms. The number of nitrogens with one attached hydrogen (secondary N) is 1. The number of methoxy groups -OCH3 is 1. The van der Waals surface area contributed by atoms with E-state index in [1.165, 1.54) is 0 Å². The third kappa shape index (κ3) is 3.34. The number of benzene rings is 1. The normalized spacial score (nSPS) is 10.3. The molecule has 0 bridgehead atoms. The van der Waals surface area contributed by atoms with Crippen molar-refractivity contribution in [1.82, 2.24) is 4.98 Å². The first-order valence-corrected chi connectivity index (χ1v) is 6.08. The van der Waals surface area contributed by atoms with Crippen molar-refractivity contribution in [2.45, 2.75) is 6.42 Å². The van der Waals surface area contributed by atoms with Crippen LogP contribution in [0.3, 0.4) is 0 Å². The maximum absolute atomic E-state index is 13.4. The molecular weight excluding hydrogens is 264 g/mol. The Labute approximate surface area is 115 Å². The molecule has 0 radical (unpaired) electrons. The Hall–Kier alpha value is -2.37. The Morgan fingerprint density at radius 3 is 2.55 bits per heavy atom. The molecule has 3 N–H and O–H groups in total. The molecule has 0 unspecified atom stereocenters. The Kier molecular flexibility index (Phi) is 4.34. The highest BCUT2D eigenvalue weighted by Gasteiger charge is 2.08. The zero-order valence-corrected chi connectivity index (χ0v) is 11.0. The Balaban J connectivity index is 1.94. The standard InChI is InChI=1S/C14H15F2N3O/c1-20-10-4-2-9(3-5-10)6-7-18-14-12(16)8-11(15)13(17)19-14/h2-5,8H,6-7H2,1H3,(H3,17,18,19). The van der Waals surface area contributed by atoms with Crippen molar-refractivity contribution >= 4 is 11.6 Å². The quantitative estimate of drug-likeness (QED) is 0.883.